The van der Waals surface area contributed by atoms with Crippen molar-refractivity contribution in [2.24, 2.45) is 0 Å². The van der Waals surface area contributed by atoms with Gasteiger partial charge in [-0.05, 0) is 30.2 Å². The molecule has 4 N–H and O–H groups in total. The number of aromatic carboxylic acids is 1. The van der Waals surface area contributed by atoms with Crippen LogP contribution in [0.2, 0.25) is 0 Å². The van der Waals surface area contributed by atoms with Crippen LogP contribution in [0, 0.1) is 0 Å². The number of fused-ring (bicyclic) bond motifs is 3. The second kappa shape index (κ2) is 4.10. The number of rotatable bonds is 2. The maximum atomic E-state index is 11.9. The molecule has 3 rings (SSSR count). The van der Waals surface area contributed by atoms with Crippen molar-refractivity contribution in [2.45, 2.75) is 12.5 Å². The van der Waals surface area contributed by atoms with Crippen molar-refractivity contribution < 1.29 is 19.8 Å². The number of H-pyrrole nitrogens is 1. The van der Waals surface area contributed by atoms with Crippen LogP contribution in [0.5, 0.6) is 0 Å². The lowest BCUT2D eigenvalue weighted by Gasteiger charge is -2.21. The van der Waals surface area contributed by atoms with Gasteiger partial charge >= 0.3 is 5.97 Å². The first-order valence-electron chi connectivity index (χ1n) is 5.89. The number of aromatic amines is 1. The minimum Gasteiger partial charge on any atom is -0.478 e. The van der Waals surface area contributed by atoms with Gasteiger partial charge in [0.25, 0.3) is 5.91 Å². The highest BCUT2D eigenvalue weighted by atomic mass is 16.4. The van der Waals surface area contributed by atoms with Gasteiger partial charge in [-0.15, -0.1) is 0 Å². The number of amides is 1. The molecule has 0 saturated carbocycles. The van der Waals surface area contributed by atoms with Crippen molar-refractivity contribution in [1.29, 1.82) is 0 Å². The summed E-state index contributed by atoms with van der Waals surface area (Å²) in [6.45, 7) is -0.142. The number of carboxylic acid groups (broad SMARTS) is 1. The van der Waals surface area contributed by atoms with Crippen molar-refractivity contribution in [3.05, 3.63) is 35.0 Å². The molecule has 1 aliphatic heterocycles. The molecular formula is C13H12N2O4. The van der Waals surface area contributed by atoms with Crippen LogP contribution >= 0.6 is 0 Å². The van der Waals surface area contributed by atoms with Gasteiger partial charge in [0.15, 0.2) is 0 Å². The average Bonchev–Trinajstić information content (AvgIpc) is 2.77. The number of aromatic nitrogens is 1. The van der Waals surface area contributed by atoms with E-state index in [1.165, 1.54) is 6.07 Å². The Balaban J connectivity index is 2.20. The summed E-state index contributed by atoms with van der Waals surface area (Å²) in [6.07, 6.45) is 0.487. The van der Waals surface area contributed by atoms with Gasteiger partial charge in [0.2, 0.25) is 0 Å². The van der Waals surface area contributed by atoms with E-state index in [0.29, 0.717) is 12.1 Å². The molecule has 19 heavy (non-hydrogen) atoms. The van der Waals surface area contributed by atoms with Gasteiger partial charge < -0.3 is 20.5 Å². The van der Waals surface area contributed by atoms with Crippen LogP contribution in [0.25, 0.3) is 10.9 Å². The zero-order valence-corrected chi connectivity index (χ0v) is 9.93. The van der Waals surface area contributed by atoms with Crippen LogP contribution in [-0.4, -0.2) is 39.7 Å². The lowest BCUT2D eigenvalue weighted by molar-refractivity contribution is 0.0696. The topological polar surface area (TPSA) is 102 Å². The third-order valence-electron chi connectivity index (χ3n) is 3.39. The van der Waals surface area contributed by atoms with Gasteiger partial charge in [-0.3, -0.25) is 4.79 Å². The summed E-state index contributed by atoms with van der Waals surface area (Å²) in [6, 6.07) is 4.37. The number of carboxylic acids is 1. The third-order valence-corrected chi connectivity index (χ3v) is 3.39. The summed E-state index contributed by atoms with van der Waals surface area (Å²) in [5.41, 5.74) is 2.12. The highest BCUT2D eigenvalue weighted by Crippen LogP contribution is 2.27. The lowest BCUT2D eigenvalue weighted by atomic mass is 9.98. The van der Waals surface area contributed by atoms with E-state index in [4.69, 9.17) is 10.2 Å². The fourth-order valence-electron chi connectivity index (χ4n) is 2.45. The van der Waals surface area contributed by atoms with E-state index < -0.39 is 5.97 Å². The Hall–Kier alpha value is -2.34. The summed E-state index contributed by atoms with van der Waals surface area (Å²) in [7, 11) is 0. The summed E-state index contributed by atoms with van der Waals surface area (Å²) in [5, 5.41) is 21.6. The third kappa shape index (κ3) is 1.77. The number of hydrogen-bond acceptors (Lipinski definition) is 3. The van der Waals surface area contributed by atoms with Gasteiger partial charge in [-0.25, -0.2) is 4.79 Å². The minimum absolute atomic E-state index is 0.142. The smallest absolute Gasteiger partial charge is 0.335 e. The highest BCUT2D eigenvalue weighted by Gasteiger charge is 2.27. The first-order valence-corrected chi connectivity index (χ1v) is 5.89. The van der Waals surface area contributed by atoms with Gasteiger partial charge in [0.05, 0.1) is 18.2 Å². The predicted molar refractivity (Wildman–Crippen MR) is 67.3 cm³/mol. The molecule has 0 fully saturated rings. The number of benzene rings is 1. The zero-order chi connectivity index (χ0) is 13.6. The normalized spacial score (nSPS) is 18.2. The van der Waals surface area contributed by atoms with Crippen molar-refractivity contribution in [3.8, 4) is 0 Å². The zero-order valence-electron chi connectivity index (χ0n) is 9.93. The van der Waals surface area contributed by atoms with Crippen LogP contribution in [0.4, 0.5) is 0 Å². The van der Waals surface area contributed by atoms with E-state index in [1.807, 2.05) is 0 Å². The molecule has 98 valence electrons. The molecule has 2 heterocycles. The van der Waals surface area contributed by atoms with Crippen LogP contribution < -0.4 is 5.32 Å². The Kier molecular flexibility index (Phi) is 2.53. The largest absolute Gasteiger partial charge is 0.478 e. The maximum absolute atomic E-state index is 11.9. The number of hydrogen-bond donors (Lipinski definition) is 4. The molecule has 2 aromatic rings. The molecule has 0 radical (unpaired) electrons. The second-order valence-electron chi connectivity index (χ2n) is 4.60. The molecular weight excluding hydrogens is 248 g/mol. The number of aliphatic hydroxyl groups is 1. The molecule has 1 atom stereocenters. The molecule has 6 nitrogen and oxygen atoms in total. The first kappa shape index (κ1) is 11.7. The monoisotopic (exact) mass is 260 g/mol. The van der Waals surface area contributed by atoms with Gasteiger partial charge in [0, 0.05) is 10.9 Å². The molecule has 1 aromatic carbocycles. The Labute approximate surface area is 108 Å². The SMILES string of the molecule is O=C(O)c1ccc2[nH]c3c(c2c1)CC(CO)NC3=O. The summed E-state index contributed by atoms with van der Waals surface area (Å²) >= 11 is 0. The fourth-order valence-corrected chi connectivity index (χ4v) is 2.45. The Morgan fingerprint density at radius 3 is 2.89 bits per heavy atom. The molecule has 0 bridgehead atoms. The van der Waals surface area contributed by atoms with E-state index >= 15 is 0 Å². The fraction of sp³-hybridized carbons (Fsp3) is 0.231. The Morgan fingerprint density at radius 1 is 1.42 bits per heavy atom. The van der Waals surface area contributed by atoms with Crippen molar-refractivity contribution in [2.75, 3.05) is 6.61 Å². The number of aliphatic hydroxyl groups excluding tert-OH is 1. The lowest BCUT2D eigenvalue weighted by Crippen LogP contribution is -2.43. The minimum atomic E-state index is -1.00. The summed E-state index contributed by atoms with van der Waals surface area (Å²) in [5.74, 6) is -1.27. The molecule has 1 aliphatic rings. The average molecular weight is 260 g/mol. The van der Waals surface area contributed by atoms with E-state index in [9.17, 15) is 9.59 Å². The maximum Gasteiger partial charge on any atom is 0.335 e. The van der Waals surface area contributed by atoms with Gasteiger partial charge in [-0.2, -0.15) is 0 Å². The number of carbonyl (C=O) groups excluding carboxylic acids is 1. The van der Waals surface area contributed by atoms with E-state index in [1.54, 1.807) is 12.1 Å². The standard InChI is InChI=1S/C13H12N2O4/c16-5-7-4-9-8-3-6(13(18)19)1-2-10(8)15-11(9)12(17)14-7/h1-3,7,15-16H,4-5H2,(H,14,17)(H,18,19). The quantitative estimate of drug-likeness (QED) is 0.631. The van der Waals surface area contributed by atoms with E-state index in [2.05, 4.69) is 10.3 Å². The Morgan fingerprint density at radius 2 is 2.21 bits per heavy atom. The van der Waals surface area contributed by atoms with Crippen LogP contribution in [-0.2, 0) is 6.42 Å². The van der Waals surface area contributed by atoms with Crippen molar-refractivity contribution in [3.63, 3.8) is 0 Å². The summed E-state index contributed by atoms with van der Waals surface area (Å²) < 4.78 is 0. The molecule has 0 saturated heterocycles. The van der Waals surface area contributed by atoms with E-state index in [0.717, 1.165) is 16.5 Å². The predicted octanol–water partition coefficient (Wildman–Crippen LogP) is 0.513. The van der Waals surface area contributed by atoms with Crippen LogP contribution in [0.1, 0.15) is 26.4 Å². The number of nitrogens with one attached hydrogen (secondary N) is 2. The van der Waals surface area contributed by atoms with Gasteiger partial charge in [0.1, 0.15) is 5.69 Å². The van der Waals surface area contributed by atoms with E-state index in [-0.39, 0.29) is 24.1 Å². The van der Waals surface area contributed by atoms with Crippen molar-refractivity contribution in [1.82, 2.24) is 10.3 Å². The van der Waals surface area contributed by atoms with Gasteiger partial charge in [-0.1, -0.05) is 0 Å². The molecule has 0 aliphatic carbocycles. The molecule has 1 aromatic heterocycles. The number of carbonyl (C=O) groups is 2. The first-order chi connectivity index (χ1) is 9.10. The molecule has 1 amide bonds. The summed E-state index contributed by atoms with van der Waals surface area (Å²) in [4.78, 5) is 25.9. The Bertz CT molecular complexity index is 689. The molecule has 0 spiro atoms. The van der Waals surface area contributed by atoms with Crippen LogP contribution in [0.3, 0.4) is 0 Å². The molecule has 1 unspecified atom stereocenters. The van der Waals surface area contributed by atoms with Crippen molar-refractivity contribution >= 4 is 22.8 Å². The van der Waals surface area contributed by atoms with Crippen LogP contribution in [0.15, 0.2) is 18.2 Å². The second-order valence-corrected chi connectivity index (χ2v) is 4.60. The highest BCUT2D eigenvalue weighted by molar-refractivity contribution is 6.04. The molecule has 6 heteroatoms.